The van der Waals surface area contributed by atoms with Gasteiger partial charge in [-0.05, 0) is 17.5 Å². The summed E-state index contributed by atoms with van der Waals surface area (Å²) in [5.74, 6) is 1.09. The van der Waals surface area contributed by atoms with E-state index in [4.69, 9.17) is 5.73 Å². The minimum Gasteiger partial charge on any atom is -0.333 e. The first kappa shape index (κ1) is 12.8. The molecule has 0 spiro atoms. The van der Waals surface area contributed by atoms with Crippen molar-refractivity contribution >= 4 is 0 Å². The minimum atomic E-state index is 0.0235. The highest BCUT2D eigenvalue weighted by Gasteiger charge is 2.08. The van der Waals surface area contributed by atoms with Gasteiger partial charge in [0.05, 0.1) is 0 Å². The zero-order valence-corrected chi connectivity index (χ0v) is 11.1. The molecule has 0 aliphatic carbocycles. The first-order valence-electron chi connectivity index (χ1n) is 6.59. The van der Waals surface area contributed by atoms with Crippen LogP contribution in [0.2, 0.25) is 0 Å². The van der Waals surface area contributed by atoms with E-state index in [9.17, 15) is 0 Å². The first-order chi connectivity index (χ1) is 8.74. The van der Waals surface area contributed by atoms with E-state index >= 15 is 0 Å². The van der Waals surface area contributed by atoms with E-state index < -0.39 is 0 Å². The molecule has 18 heavy (non-hydrogen) atoms. The molecule has 0 radical (unpaired) electrons. The van der Waals surface area contributed by atoms with Crippen LogP contribution >= 0.6 is 0 Å². The van der Waals surface area contributed by atoms with Crippen LogP contribution < -0.4 is 5.73 Å². The van der Waals surface area contributed by atoms with E-state index in [1.165, 1.54) is 11.1 Å². The van der Waals surface area contributed by atoms with Crippen LogP contribution in [0.4, 0.5) is 0 Å². The highest BCUT2D eigenvalue weighted by molar-refractivity contribution is 5.24. The average Bonchev–Trinajstić information content (AvgIpc) is 2.86. The van der Waals surface area contributed by atoms with Gasteiger partial charge < -0.3 is 10.3 Å². The summed E-state index contributed by atoms with van der Waals surface area (Å²) >= 11 is 0. The topological polar surface area (TPSA) is 43.8 Å². The summed E-state index contributed by atoms with van der Waals surface area (Å²) in [4.78, 5) is 4.32. The molecule has 0 saturated heterocycles. The highest BCUT2D eigenvalue weighted by Crippen LogP contribution is 2.15. The Morgan fingerprint density at radius 2 is 1.89 bits per heavy atom. The van der Waals surface area contributed by atoms with Crippen LogP contribution in [-0.2, 0) is 19.4 Å². The van der Waals surface area contributed by atoms with Crippen molar-refractivity contribution in [1.82, 2.24) is 9.55 Å². The Kier molecular flexibility index (Phi) is 4.15. The van der Waals surface area contributed by atoms with E-state index in [1.54, 1.807) is 0 Å². The Morgan fingerprint density at radius 1 is 1.17 bits per heavy atom. The lowest BCUT2D eigenvalue weighted by Gasteiger charge is -2.15. The third kappa shape index (κ3) is 2.79. The molecule has 1 heterocycles. The summed E-state index contributed by atoms with van der Waals surface area (Å²) in [7, 11) is 0. The maximum atomic E-state index is 6.25. The molecule has 1 aromatic carbocycles. The smallest absolute Gasteiger partial charge is 0.108 e. The predicted octanol–water partition coefficient (Wildman–Crippen LogP) is 2.71. The number of hydrogen-bond acceptors (Lipinski definition) is 2. The summed E-state index contributed by atoms with van der Waals surface area (Å²) in [6, 6.07) is 8.60. The number of hydrogen-bond donors (Lipinski definition) is 1. The number of imidazole rings is 1. The van der Waals surface area contributed by atoms with Crippen molar-refractivity contribution in [2.75, 3.05) is 0 Å². The predicted molar refractivity (Wildman–Crippen MR) is 74.4 cm³/mol. The van der Waals surface area contributed by atoms with Crippen LogP contribution in [0.1, 0.15) is 36.8 Å². The van der Waals surface area contributed by atoms with Gasteiger partial charge in [-0.2, -0.15) is 0 Å². The van der Waals surface area contributed by atoms with Gasteiger partial charge in [0.15, 0.2) is 0 Å². The third-order valence-corrected chi connectivity index (χ3v) is 3.33. The van der Waals surface area contributed by atoms with Crippen LogP contribution in [0.5, 0.6) is 0 Å². The molecule has 2 N–H and O–H groups in total. The third-order valence-electron chi connectivity index (χ3n) is 3.33. The van der Waals surface area contributed by atoms with Gasteiger partial charge in [-0.1, -0.05) is 38.1 Å². The number of nitrogens with two attached hydrogens (primary N) is 1. The minimum absolute atomic E-state index is 0.0235. The molecule has 1 atom stereocenters. The molecule has 0 bridgehead atoms. The van der Waals surface area contributed by atoms with E-state index in [-0.39, 0.29) is 6.04 Å². The van der Waals surface area contributed by atoms with Crippen molar-refractivity contribution in [2.24, 2.45) is 5.73 Å². The van der Waals surface area contributed by atoms with Crippen LogP contribution in [0, 0.1) is 0 Å². The monoisotopic (exact) mass is 243 g/mol. The zero-order valence-electron chi connectivity index (χ0n) is 11.1. The zero-order chi connectivity index (χ0) is 13.0. The van der Waals surface area contributed by atoms with Crippen LogP contribution in [0.15, 0.2) is 36.7 Å². The van der Waals surface area contributed by atoms with Gasteiger partial charge in [-0.25, -0.2) is 4.98 Å². The summed E-state index contributed by atoms with van der Waals surface area (Å²) in [6.45, 7) is 5.06. The van der Waals surface area contributed by atoms with Gasteiger partial charge in [0.25, 0.3) is 0 Å². The molecule has 96 valence electrons. The molecule has 0 fully saturated rings. The van der Waals surface area contributed by atoms with E-state index in [2.05, 4.69) is 47.7 Å². The number of aryl methyl sites for hydroxylation is 2. The van der Waals surface area contributed by atoms with E-state index in [0.717, 1.165) is 25.2 Å². The SMILES string of the molecule is CCc1ccc(C(N)Cn2ccnc2CC)cc1. The van der Waals surface area contributed by atoms with Crippen molar-refractivity contribution in [1.29, 1.82) is 0 Å². The number of aromatic nitrogens is 2. The van der Waals surface area contributed by atoms with Crippen molar-refractivity contribution < 1.29 is 0 Å². The quantitative estimate of drug-likeness (QED) is 0.877. The first-order valence-corrected chi connectivity index (χ1v) is 6.59. The van der Waals surface area contributed by atoms with Gasteiger partial charge in [-0.3, -0.25) is 0 Å². The molecular weight excluding hydrogens is 222 g/mol. The molecule has 0 aliphatic rings. The maximum absolute atomic E-state index is 6.25. The molecule has 0 amide bonds. The van der Waals surface area contributed by atoms with E-state index in [0.29, 0.717) is 0 Å². The fourth-order valence-corrected chi connectivity index (χ4v) is 2.14. The maximum Gasteiger partial charge on any atom is 0.108 e. The summed E-state index contributed by atoms with van der Waals surface area (Å²) in [5.41, 5.74) is 8.79. The van der Waals surface area contributed by atoms with Crippen LogP contribution in [-0.4, -0.2) is 9.55 Å². The van der Waals surface area contributed by atoms with Gasteiger partial charge >= 0.3 is 0 Å². The van der Waals surface area contributed by atoms with Crippen molar-refractivity contribution in [3.05, 3.63) is 53.6 Å². The molecule has 1 unspecified atom stereocenters. The second-order valence-corrected chi connectivity index (χ2v) is 4.55. The Bertz CT molecular complexity index is 485. The molecule has 2 rings (SSSR count). The van der Waals surface area contributed by atoms with Gasteiger partial charge in [0.1, 0.15) is 5.82 Å². The second-order valence-electron chi connectivity index (χ2n) is 4.55. The van der Waals surface area contributed by atoms with Gasteiger partial charge in [0, 0.05) is 31.4 Å². The highest BCUT2D eigenvalue weighted by atomic mass is 15.1. The molecule has 1 aromatic heterocycles. The molecule has 3 heteroatoms. The molecule has 0 saturated carbocycles. The molecule has 3 nitrogen and oxygen atoms in total. The molecular formula is C15H21N3. The fourth-order valence-electron chi connectivity index (χ4n) is 2.14. The lowest BCUT2D eigenvalue weighted by Crippen LogP contribution is -2.18. The number of rotatable bonds is 5. The summed E-state index contributed by atoms with van der Waals surface area (Å²) in [6.07, 6.45) is 5.84. The molecule has 0 aliphatic heterocycles. The van der Waals surface area contributed by atoms with Crippen molar-refractivity contribution in [3.8, 4) is 0 Å². The lowest BCUT2D eigenvalue weighted by molar-refractivity contribution is 0.557. The number of benzene rings is 1. The Hall–Kier alpha value is -1.61. The summed E-state index contributed by atoms with van der Waals surface area (Å²) in [5, 5.41) is 0. The van der Waals surface area contributed by atoms with Gasteiger partial charge in [-0.15, -0.1) is 0 Å². The fraction of sp³-hybridized carbons (Fsp3) is 0.400. The van der Waals surface area contributed by atoms with Crippen LogP contribution in [0.3, 0.4) is 0 Å². The summed E-state index contributed by atoms with van der Waals surface area (Å²) < 4.78 is 2.14. The van der Waals surface area contributed by atoms with Crippen molar-refractivity contribution in [3.63, 3.8) is 0 Å². The second kappa shape index (κ2) is 5.83. The van der Waals surface area contributed by atoms with Crippen molar-refractivity contribution in [2.45, 2.75) is 39.3 Å². The van der Waals surface area contributed by atoms with E-state index in [1.807, 2.05) is 12.4 Å². The number of nitrogens with zero attached hydrogens (tertiary/aromatic N) is 2. The average molecular weight is 243 g/mol. The largest absolute Gasteiger partial charge is 0.333 e. The Labute approximate surface area is 109 Å². The van der Waals surface area contributed by atoms with Crippen LogP contribution in [0.25, 0.3) is 0 Å². The Morgan fingerprint density at radius 3 is 2.50 bits per heavy atom. The normalized spacial score (nSPS) is 12.6. The molecule has 2 aromatic rings. The lowest BCUT2D eigenvalue weighted by atomic mass is 10.0. The van der Waals surface area contributed by atoms with Gasteiger partial charge in [0.2, 0.25) is 0 Å². The Balaban J connectivity index is 2.09. The standard InChI is InChI=1S/C15H21N3/c1-3-12-5-7-13(8-6-12)14(16)11-18-10-9-17-15(18)4-2/h5-10,14H,3-4,11,16H2,1-2H3.